The molecule has 0 radical (unpaired) electrons. The molecule has 0 aliphatic rings. The summed E-state index contributed by atoms with van der Waals surface area (Å²) in [4.78, 5) is 0. The van der Waals surface area contributed by atoms with Crippen LogP contribution in [0.25, 0.3) is 0 Å². The number of nitrogens with two attached hydrogens (primary N) is 1. The topological polar surface area (TPSA) is 72.2 Å². The standard InChI is InChI=1S/C13H11F3N2O2S/c14-9-5-11(16)13(6-10(9)15)18-21(19,20)7-8-3-1-2-4-12(8)17/h1-6,18H,7,17H2. The Morgan fingerprint density at radius 1 is 1.00 bits per heavy atom. The average molecular weight is 316 g/mol. The highest BCUT2D eigenvalue weighted by Crippen LogP contribution is 2.21. The Labute approximate surface area is 119 Å². The molecule has 0 aliphatic carbocycles. The fraction of sp³-hybridized carbons (Fsp3) is 0.0769. The third-order valence-electron chi connectivity index (χ3n) is 2.68. The monoisotopic (exact) mass is 316 g/mol. The van der Waals surface area contributed by atoms with Gasteiger partial charge in [-0.25, -0.2) is 21.6 Å². The molecule has 3 N–H and O–H groups in total. The lowest BCUT2D eigenvalue weighted by Crippen LogP contribution is -2.17. The summed E-state index contributed by atoms with van der Waals surface area (Å²) in [6.07, 6.45) is 0. The van der Waals surface area contributed by atoms with Crippen LogP contribution in [-0.4, -0.2) is 8.42 Å². The first-order valence-corrected chi connectivity index (χ1v) is 7.42. The SMILES string of the molecule is Nc1ccccc1CS(=O)(=O)Nc1cc(F)c(F)cc1F. The van der Waals surface area contributed by atoms with Crippen LogP contribution in [0.15, 0.2) is 36.4 Å². The van der Waals surface area contributed by atoms with Gasteiger partial charge in [0.2, 0.25) is 10.0 Å². The van der Waals surface area contributed by atoms with Crippen LogP contribution in [0.1, 0.15) is 5.56 Å². The van der Waals surface area contributed by atoms with E-state index in [2.05, 4.69) is 0 Å². The summed E-state index contributed by atoms with van der Waals surface area (Å²) in [5, 5.41) is 0. The van der Waals surface area contributed by atoms with Crippen molar-refractivity contribution >= 4 is 21.4 Å². The molecular formula is C13H11F3N2O2S. The number of halogens is 3. The maximum Gasteiger partial charge on any atom is 0.237 e. The normalized spacial score (nSPS) is 11.4. The van der Waals surface area contributed by atoms with Crippen molar-refractivity contribution in [3.05, 3.63) is 59.4 Å². The number of nitrogen functional groups attached to an aromatic ring is 1. The Morgan fingerprint density at radius 2 is 1.62 bits per heavy atom. The number of hydrogen-bond acceptors (Lipinski definition) is 3. The summed E-state index contributed by atoms with van der Waals surface area (Å²) in [6, 6.07) is 6.95. The first-order chi connectivity index (χ1) is 9.78. The van der Waals surface area contributed by atoms with Crippen LogP contribution in [0.4, 0.5) is 24.5 Å². The summed E-state index contributed by atoms with van der Waals surface area (Å²) in [6.45, 7) is 0. The lowest BCUT2D eigenvalue weighted by Gasteiger charge is -2.10. The van der Waals surface area contributed by atoms with Crippen molar-refractivity contribution in [3.63, 3.8) is 0 Å². The fourth-order valence-corrected chi connectivity index (χ4v) is 2.91. The lowest BCUT2D eigenvalue weighted by molar-refractivity contribution is 0.496. The second kappa shape index (κ2) is 5.65. The highest BCUT2D eigenvalue weighted by Gasteiger charge is 2.17. The molecule has 0 spiro atoms. The van der Waals surface area contributed by atoms with Crippen molar-refractivity contribution in [2.45, 2.75) is 5.75 Å². The third kappa shape index (κ3) is 3.66. The second-order valence-corrected chi connectivity index (χ2v) is 6.03. The Morgan fingerprint density at radius 3 is 2.29 bits per heavy atom. The molecule has 0 heterocycles. The van der Waals surface area contributed by atoms with E-state index in [1.165, 1.54) is 12.1 Å². The average Bonchev–Trinajstić information content (AvgIpc) is 2.38. The third-order valence-corrected chi connectivity index (χ3v) is 3.90. The molecule has 0 saturated carbocycles. The number of rotatable bonds is 4. The minimum atomic E-state index is -4.02. The van der Waals surface area contributed by atoms with Crippen molar-refractivity contribution in [1.82, 2.24) is 0 Å². The van der Waals surface area contributed by atoms with Gasteiger partial charge >= 0.3 is 0 Å². The van der Waals surface area contributed by atoms with Crippen molar-refractivity contribution in [3.8, 4) is 0 Å². The minimum absolute atomic E-state index is 0.258. The fourth-order valence-electron chi connectivity index (χ4n) is 1.67. The van der Waals surface area contributed by atoms with E-state index in [9.17, 15) is 21.6 Å². The number of sulfonamides is 1. The highest BCUT2D eigenvalue weighted by atomic mass is 32.2. The predicted octanol–water partition coefficient (Wildman–Crippen LogP) is 2.63. The molecule has 2 aromatic rings. The van der Waals surface area contributed by atoms with Gasteiger partial charge in [0.15, 0.2) is 11.6 Å². The first-order valence-electron chi connectivity index (χ1n) is 5.77. The largest absolute Gasteiger partial charge is 0.398 e. The Hall–Kier alpha value is -2.22. The summed E-state index contributed by atoms with van der Waals surface area (Å²) in [5.41, 5.74) is 5.53. The van der Waals surface area contributed by atoms with Crippen LogP contribution in [0, 0.1) is 17.5 Å². The molecule has 21 heavy (non-hydrogen) atoms. The summed E-state index contributed by atoms with van der Waals surface area (Å²) in [5.74, 6) is -4.48. The number of hydrogen-bond donors (Lipinski definition) is 2. The number of nitrogens with one attached hydrogen (secondary N) is 1. The van der Waals surface area contributed by atoms with Crippen molar-refractivity contribution in [2.75, 3.05) is 10.5 Å². The van der Waals surface area contributed by atoms with Crippen LogP contribution in [0.3, 0.4) is 0 Å². The smallest absolute Gasteiger partial charge is 0.237 e. The minimum Gasteiger partial charge on any atom is -0.398 e. The van der Waals surface area contributed by atoms with Crippen LogP contribution in [-0.2, 0) is 15.8 Å². The zero-order valence-electron chi connectivity index (χ0n) is 10.6. The van der Waals surface area contributed by atoms with Crippen molar-refractivity contribution in [2.24, 2.45) is 0 Å². The van der Waals surface area contributed by atoms with E-state index in [1.807, 2.05) is 4.72 Å². The van der Waals surface area contributed by atoms with E-state index in [-0.39, 0.29) is 11.8 Å². The highest BCUT2D eigenvalue weighted by molar-refractivity contribution is 7.91. The van der Waals surface area contributed by atoms with Crippen LogP contribution in [0.2, 0.25) is 0 Å². The van der Waals surface area contributed by atoms with Gasteiger partial charge < -0.3 is 5.73 Å². The molecule has 4 nitrogen and oxygen atoms in total. The molecule has 2 rings (SSSR count). The van der Waals surface area contributed by atoms with Gasteiger partial charge in [-0.2, -0.15) is 0 Å². The van der Waals surface area contributed by atoms with Crippen molar-refractivity contribution in [1.29, 1.82) is 0 Å². The van der Waals surface area contributed by atoms with E-state index in [0.29, 0.717) is 11.6 Å². The number of para-hydroxylation sites is 1. The van der Waals surface area contributed by atoms with Gasteiger partial charge in [0.25, 0.3) is 0 Å². The van der Waals surface area contributed by atoms with Gasteiger partial charge in [0.05, 0.1) is 11.4 Å². The predicted molar refractivity (Wildman–Crippen MR) is 73.4 cm³/mol. The molecule has 0 bridgehead atoms. The second-order valence-electron chi connectivity index (χ2n) is 4.31. The van der Waals surface area contributed by atoms with E-state index < -0.39 is 38.9 Å². The maximum absolute atomic E-state index is 13.4. The number of anilines is 2. The van der Waals surface area contributed by atoms with Crippen LogP contribution in [0.5, 0.6) is 0 Å². The van der Waals surface area contributed by atoms with Gasteiger partial charge in [-0.15, -0.1) is 0 Å². The Bertz CT molecular complexity index is 779. The zero-order valence-corrected chi connectivity index (χ0v) is 11.4. The van der Waals surface area contributed by atoms with Gasteiger partial charge in [0.1, 0.15) is 5.82 Å². The zero-order chi connectivity index (χ0) is 15.6. The van der Waals surface area contributed by atoms with Gasteiger partial charge in [-0.05, 0) is 11.6 Å². The molecule has 0 aromatic heterocycles. The van der Waals surface area contributed by atoms with E-state index in [4.69, 9.17) is 5.73 Å². The van der Waals surface area contributed by atoms with Crippen molar-refractivity contribution < 1.29 is 21.6 Å². The molecule has 0 fully saturated rings. The van der Waals surface area contributed by atoms with Gasteiger partial charge in [0, 0.05) is 17.8 Å². The Kier molecular flexibility index (Phi) is 4.08. The van der Waals surface area contributed by atoms with E-state index >= 15 is 0 Å². The summed E-state index contributed by atoms with van der Waals surface area (Å²) in [7, 11) is -4.02. The Balaban J connectivity index is 2.26. The molecule has 2 aromatic carbocycles. The van der Waals surface area contributed by atoms with Gasteiger partial charge in [-0.3, -0.25) is 4.72 Å². The van der Waals surface area contributed by atoms with E-state index in [0.717, 1.165) is 0 Å². The van der Waals surface area contributed by atoms with Gasteiger partial charge in [-0.1, -0.05) is 18.2 Å². The molecule has 112 valence electrons. The van der Waals surface area contributed by atoms with E-state index in [1.54, 1.807) is 12.1 Å². The molecule has 0 atom stereocenters. The molecule has 0 saturated heterocycles. The molecule has 8 heteroatoms. The first kappa shape index (κ1) is 15.2. The van der Waals surface area contributed by atoms with Crippen LogP contribution < -0.4 is 10.5 Å². The summed E-state index contributed by atoms with van der Waals surface area (Å²) >= 11 is 0. The number of benzene rings is 2. The maximum atomic E-state index is 13.4. The molecule has 0 aliphatic heterocycles. The molecule has 0 unspecified atom stereocenters. The molecular weight excluding hydrogens is 305 g/mol. The molecule has 0 amide bonds. The lowest BCUT2D eigenvalue weighted by atomic mass is 10.2. The summed E-state index contributed by atoms with van der Waals surface area (Å²) < 4.78 is 64.9. The quantitative estimate of drug-likeness (QED) is 0.673. The van der Waals surface area contributed by atoms with Crippen LogP contribution >= 0.6 is 0 Å².